The largest absolute Gasteiger partial charge is 0.459 e. The number of rotatable bonds is 4. The Balaban J connectivity index is 1.47. The number of β-amino-alcohol motifs (C(OH)–C–C–N with tert-alkyl or cyclic N) is 1. The molecule has 1 saturated heterocycles. The van der Waals surface area contributed by atoms with Gasteiger partial charge in [0.05, 0.1) is 29.4 Å². The van der Waals surface area contributed by atoms with Crippen LogP contribution in [0.25, 0.3) is 11.0 Å². The number of nitrogens with zero attached hydrogens (tertiary/aromatic N) is 2. The summed E-state index contributed by atoms with van der Waals surface area (Å²) in [5.74, 6) is 0.924. The molecule has 1 aliphatic carbocycles. The van der Waals surface area contributed by atoms with Gasteiger partial charge >= 0.3 is 6.03 Å². The molecular formula is C22H29ClN4O3. The lowest BCUT2D eigenvalue weighted by Gasteiger charge is -2.42. The predicted octanol–water partition coefficient (Wildman–Crippen LogP) is 3.49. The number of piperazine rings is 1. The molecule has 2 aliphatic heterocycles. The third kappa shape index (κ3) is 3.58. The molecule has 3 aliphatic rings. The minimum Gasteiger partial charge on any atom is -0.459 e. The van der Waals surface area contributed by atoms with E-state index in [-0.39, 0.29) is 12.6 Å². The molecule has 162 valence electrons. The van der Waals surface area contributed by atoms with Crippen LogP contribution in [0, 0.1) is 0 Å². The lowest BCUT2D eigenvalue weighted by atomic mass is 9.74. The van der Waals surface area contributed by atoms with E-state index in [1.54, 1.807) is 0 Å². The van der Waals surface area contributed by atoms with Crippen LogP contribution in [0.5, 0.6) is 0 Å². The zero-order chi connectivity index (χ0) is 20.7. The predicted molar refractivity (Wildman–Crippen MR) is 117 cm³/mol. The minimum atomic E-state index is -0.399. The molecule has 0 unspecified atom stereocenters. The first-order chi connectivity index (χ1) is 14.6. The van der Waals surface area contributed by atoms with E-state index in [4.69, 9.17) is 21.1 Å². The maximum atomic E-state index is 12.4. The Kier molecular flexibility index (Phi) is 5.39. The van der Waals surface area contributed by atoms with Gasteiger partial charge in [-0.3, -0.25) is 9.80 Å². The fraction of sp³-hybridized carbons (Fsp3) is 0.591. The van der Waals surface area contributed by atoms with E-state index < -0.39 is 5.54 Å². The van der Waals surface area contributed by atoms with Crippen molar-refractivity contribution in [3.8, 4) is 0 Å². The number of hydrogen-bond donors (Lipinski definition) is 3. The topological polar surface area (TPSA) is 81.0 Å². The lowest BCUT2D eigenvalue weighted by molar-refractivity contribution is 0.104. The summed E-state index contributed by atoms with van der Waals surface area (Å²) in [5, 5.41) is 16.8. The maximum Gasteiger partial charge on any atom is 0.319 e. The smallest absolute Gasteiger partial charge is 0.319 e. The lowest BCUT2D eigenvalue weighted by Crippen LogP contribution is -2.52. The van der Waals surface area contributed by atoms with Gasteiger partial charge in [-0.1, -0.05) is 30.9 Å². The maximum absolute atomic E-state index is 12.4. The number of carbonyl (C=O) groups is 1. The summed E-state index contributed by atoms with van der Waals surface area (Å²) < 4.78 is 6.42. The molecule has 2 amide bonds. The van der Waals surface area contributed by atoms with Gasteiger partial charge in [-0.05, 0) is 25.0 Å². The first kappa shape index (κ1) is 20.1. The number of furan rings is 1. The first-order valence-corrected chi connectivity index (χ1v) is 11.4. The van der Waals surface area contributed by atoms with E-state index in [1.165, 1.54) is 6.42 Å². The standard InChI is InChI=1S/C22H29ClN4O3/c23-17-13-15-12-16(14-27-8-6-26(7-9-27)10-11-28)30-20(15)18-19(17)24-21(29)25-22(18)4-2-1-3-5-22/h12-13,28H,1-11,14H2,(H2,24,25,29). The molecule has 8 heteroatoms. The number of aliphatic hydroxyl groups excluding tert-OH is 1. The average molecular weight is 433 g/mol. The summed E-state index contributed by atoms with van der Waals surface area (Å²) >= 11 is 6.62. The van der Waals surface area contributed by atoms with E-state index in [0.29, 0.717) is 10.7 Å². The first-order valence-electron chi connectivity index (χ1n) is 11.0. The molecule has 3 heterocycles. The zero-order valence-corrected chi connectivity index (χ0v) is 17.9. The second kappa shape index (κ2) is 8.04. The molecule has 0 atom stereocenters. The summed E-state index contributed by atoms with van der Waals surface area (Å²) in [4.78, 5) is 17.1. The van der Waals surface area contributed by atoms with Crippen molar-refractivity contribution in [3.05, 3.63) is 28.5 Å². The molecule has 0 radical (unpaired) electrons. The van der Waals surface area contributed by atoms with Crippen LogP contribution in [0.2, 0.25) is 5.02 Å². The molecule has 7 nitrogen and oxygen atoms in total. The average Bonchev–Trinajstić information content (AvgIpc) is 3.12. The minimum absolute atomic E-state index is 0.182. The number of urea groups is 1. The van der Waals surface area contributed by atoms with Gasteiger partial charge < -0.3 is 20.2 Å². The van der Waals surface area contributed by atoms with E-state index in [0.717, 1.165) is 87.2 Å². The van der Waals surface area contributed by atoms with Gasteiger partial charge in [0.1, 0.15) is 11.3 Å². The Hall–Kier alpha value is -1.80. The van der Waals surface area contributed by atoms with Crippen LogP contribution in [0.3, 0.4) is 0 Å². The summed E-state index contributed by atoms with van der Waals surface area (Å²) in [6, 6.07) is 3.82. The van der Waals surface area contributed by atoms with Crippen molar-refractivity contribution < 1.29 is 14.3 Å². The highest BCUT2D eigenvalue weighted by molar-refractivity contribution is 6.35. The van der Waals surface area contributed by atoms with E-state index >= 15 is 0 Å². The van der Waals surface area contributed by atoms with Crippen LogP contribution in [-0.4, -0.2) is 60.3 Å². The summed E-state index contributed by atoms with van der Waals surface area (Å²) in [6.07, 6.45) is 5.17. The van der Waals surface area contributed by atoms with Crippen molar-refractivity contribution >= 4 is 34.3 Å². The second-order valence-corrected chi connectivity index (χ2v) is 9.21. The van der Waals surface area contributed by atoms with Gasteiger partial charge in [-0.25, -0.2) is 4.79 Å². The third-order valence-corrected chi connectivity index (χ3v) is 7.15. The molecule has 0 bridgehead atoms. The fourth-order valence-corrected chi connectivity index (χ4v) is 5.61. The van der Waals surface area contributed by atoms with Crippen molar-refractivity contribution in [1.29, 1.82) is 0 Å². The normalized spacial score (nSPS) is 22.1. The van der Waals surface area contributed by atoms with Gasteiger partial charge in [0.2, 0.25) is 0 Å². The highest BCUT2D eigenvalue weighted by atomic mass is 35.5. The van der Waals surface area contributed by atoms with Crippen molar-refractivity contribution in [1.82, 2.24) is 15.1 Å². The van der Waals surface area contributed by atoms with Crippen LogP contribution in [0.4, 0.5) is 10.5 Å². The van der Waals surface area contributed by atoms with Gasteiger partial charge in [0.15, 0.2) is 0 Å². The zero-order valence-electron chi connectivity index (χ0n) is 17.2. The molecular weight excluding hydrogens is 404 g/mol. The van der Waals surface area contributed by atoms with Gasteiger partial charge in [0, 0.05) is 43.7 Å². The number of anilines is 1. The molecule has 1 aromatic heterocycles. The van der Waals surface area contributed by atoms with E-state index in [2.05, 4.69) is 26.5 Å². The van der Waals surface area contributed by atoms with Crippen LogP contribution in [-0.2, 0) is 12.1 Å². The number of carbonyl (C=O) groups excluding carboxylic acids is 1. The van der Waals surface area contributed by atoms with Crippen LogP contribution >= 0.6 is 11.6 Å². The van der Waals surface area contributed by atoms with Crippen LogP contribution < -0.4 is 10.6 Å². The Labute approximate surface area is 181 Å². The molecule has 30 heavy (non-hydrogen) atoms. The van der Waals surface area contributed by atoms with Crippen molar-refractivity contribution in [2.75, 3.05) is 44.6 Å². The number of aliphatic hydroxyl groups is 1. The molecule has 3 N–H and O–H groups in total. The number of nitrogens with one attached hydrogen (secondary N) is 2. The molecule has 2 fully saturated rings. The molecule has 5 rings (SSSR count). The quantitative estimate of drug-likeness (QED) is 0.689. The molecule has 2 aromatic rings. The number of halogens is 1. The number of fused-ring (bicyclic) bond motifs is 4. The van der Waals surface area contributed by atoms with Crippen LogP contribution in [0.1, 0.15) is 43.4 Å². The fourth-order valence-electron chi connectivity index (χ4n) is 5.35. The van der Waals surface area contributed by atoms with E-state index in [1.807, 2.05) is 6.07 Å². The summed E-state index contributed by atoms with van der Waals surface area (Å²) in [5.41, 5.74) is 2.17. The van der Waals surface area contributed by atoms with Crippen molar-refractivity contribution in [2.45, 2.75) is 44.2 Å². The Morgan fingerprint density at radius 3 is 2.57 bits per heavy atom. The SMILES string of the molecule is O=C1Nc2c(Cl)cc3cc(CN4CCN(CCO)CC4)oc3c2C2(CCCCC2)N1. The molecule has 1 spiro atoms. The number of hydrogen-bond acceptors (Lipinski definition) is 5. The summed E-state index contributed by atoms with van der Waals surface area (Å²) in [7, 11) is 0. The number of amides is 2. The van der Waals surface area contributed by atoms with Crippen molar-refractivity contribution in [3.63, 3.8) is 0 Å². The van der Waals surface area contributed by atoms with Crippen molar-refractivity contribution in [2.24, 2.45) is 0 Å². The Morgan fingerprint density at radius 2 is 1.83 bits per heavy atom. The number of benzene rings is 1. The van der Waals surface area contributed by atoms with Crippen LogP contribution in [0.15, 0.2) is 16.5 Å². The van der Waals surface area contributed by atoms with Gasteiger partial charge in [-0.2, -0.15) is 0 Å². The third-order valence-electron chi connectivity index (χ3n) is 6.85. The van der Waals surface area contributed by atoms with Gasteiger partial charge in [0.25, 0.3) is 0 Å². The van der Waals surface area contributed by atoms with E-state index in [9.17, 15) is 4.79 Å². The Morgan fingerprint density at radius 1 is 1.10 bits per heavy atom. The highest BCUT2D eigenvalue weighted by Crippen LogP contribution is 2.49. The highest BCUT2D eigenvalue weighted by Gasteiger charge is 2.43. The monoisotopic (exact) mass is 432 g/mol. The van der Waals surface area contributed by atoms with Gasteiger partial charge in [-0.15, -0.1) is 0 Å². The molecule has 1 aromatic carbocycles. The second-order valence-electron chi connectivity index (χ2n) is 8.80. The Bertz CT molecular complexity index is 945. The summed E-state index contributed by atoms with van der Waals surface area (Å²) in [6.45, 7) is 5.53. The molecule has 1 saturated carbocycles.